The molecule has 0 amide bonds. The molecule has 0 unspecified atom stereocenters. The van der Waals surface area contributed by atoms with Crippen LogP contribution in [0.25, 0.3) is 5.53 Å². The van der Waals surface area contributed by atoms with Gasteiger partial charge in [0, 0.05) is 0 Å². The van der Waals surface area contributed by atoms with Crippen LogP contribution in [0.2, 0.25) is 0 Å². The Morgan fingerprint density at radius 1 is 1.50 bits per heavy atom. The fourth-order valence-electron chi connectivity index (χ4n) is 1.58. The van der Waals surface area contributed by atoms with Crippen molar-refractivity contribution in [1.29, 1.82) is 0 Å². The average molecular weight is 277 g/mol. The van der Waals surface area contributed by atoms with E-state index in [1.807, 2.05) is 0 Å². The second kappa shape index (κ2) is 5.78. The second-order valence-corrected chi connectivity index (χ2v) is 3.84. The lowest BCUT2D eigenvalue weighted by Crippen LogP contribution is -2.29. The maximum atomic E-state index is 11.3. The summed E-state index contributed by atoms with van der Waals surface area (Å²) in [6.45, 7) is 0.404. The lowest BCUT2D eigenvalue weighted by molar-refractivity contribution is -0.738. The van der Waals surface area contributed by atoms with Crippen LogP contribution < -0.4 is 4.68 Å². The van der Waals surface area contributed by atoms with Gasteiger partial charge in [0.25, 0.3) is 6.33 Å². The van der Waals surface area contributed by atoms with Crippen LogP contribution in [0, 0.1) is 10.1 Å². The summed E-state index contributed by atoms with van der Waals surface area (Å²) in [4.78, 5) is 21.5. The minimum Gasteiger partial charge on any atom is -0.465 e. The topological polar surface area (TPSA) is 105 Å². The summed E-state index contributed by atoms with van der Waals surface area (Å²) in [5.74, 6) is -0.404. The van der Waals surface area contributed by atoms with Crippen LogP contribution in [0.4, 0.5) is 0 Å². The monoisotopic (exact) mass is 277 g/mol. The molecule has 9 nitrogen and oxygen atoms in total. The standard InChI is InChI=1S/C11H11N5O4/c1-20-11(17)10-4-2-9(3-5-10)6-14-8-15(7-12-14)13-16(18)19/h2-5,7-8H,6H2,1H3. The van der Waals surface area contributed by atoms with Gasteiger partial charge in [0.05, 0.1) is 12.7 Å². The van der Waals surface area contributed by atoms with E-state index in [2.05, 4.69) is 15.4 Å². The molecule has 1 aromatic carbocycles. The molecule has 0 bridgehead atoms. The zero-order valence-corrected chi connectivity index (χ0v) is 10.5. The molecule has 0 aliphatic heterocycles. The second-order valence-electron chi connectivity index (χ2n) is 3.84. The van der Waals surface area contributed by atoms with Crippen molar-refractivity contribution < 1.29 is 19.2 Å². The van der Waals surface area contributed by atoms with Gasteiger partial charge in [-0.25, -0.2) is 9.47 Å². The highest BCUT2D eigenvalue weighted by molar-refractivity contribution is 5.89. The van der Waals surface area contributed by atoms with Gasteiger partial charge in [0.1, 0.15) is 5.10 Å². The molecule has 0 aliphatic carbocycles. The van der Waals surface area contributed by atoms with Gasteiger partial charge in [-0.2, -0.15) is 0 Å². The molecule has 0 saturated heterocycles. The van der Waals surface area contributed by atoms with Crippen LogP contribution in [0.1, 0.15) is 15.9 Å². The molecule has 0 atom stereocenters. The number of nitro groups is 1. The highest BCUT2D eigenvalue weighted by Gasteiger charge is 2.10. The summed E-state index contributed by atoms with van der Waals surface area (Å²) in [7, 11) is 1.32. The van der Waals surface area contributed by atoms with Crippen molar-refractivity contribution in [2.45, 2.75) is 6.54 Å². The van der Waals surface area contributed by atoms with E-state index < -0.39 is 11.0 Å². The fraction of sp³-hybridized carbons (Fsp3) is 0.182. The first-order chi connectivity index (χ1) is 9.58. The Balaban J connectivity index is 2.04. The quantitative estimate of drug-likeness (QED) is 0.339. The number of carbonyl (C=O) groups excluding carboxylic acids is 1. The van der Waals surface area contributed by atoms with E-state index in [4.69, 9.17) is 0 Å². The molecule has 0 spiro atoms. The van der Waals surface area contributed by atoms with Crippen molar-refractivity contribution in [3.8, 4) is 0 Å². The minimum absolute atomic E-state index is 0.404. The van der Waals surface area contributed by atoms with E-state index in [9.17, 15) is 14.9 Å². The molecule has 0 radical (unpaired) electrons. The van der Waals surface area contributed by atoms with Gasteiger partial charge in [-0.15, -0.1) is 5.03 Å². The third-order valence-corrected chi connectivity index (χ3v) is 2.47. The van der Waals surface area contributed by atoms with Gasteiger partial charge in [0.15, 0.2) is 6.54 Å². The van der Waals surface area contributed by atoms with E-state index in [-0.39, 0.29) is 0 Å². The van der Waals surface area contributed by atoms with Gasteiger partial charge in [-0.3, -0.25) is 5.53 Å². The normalized spacial score (nSPS) is 10.1. The first kappa shape index (κ1) is 13.5. The van der Waals surface area contributed by atoms with Crippen molar-refractivity contribution in [2.75, 3.05) is 7.11 Å². The molecule has 2 rings (SSSR count). The predicted octanol–water partition coefficient (Wildman–Crippen LogP) is 0.334. The molecular weight excluding hydrogens is 266 g/mol. The van der Waals surface area contributed by atoms with Crippen LogP contribution in [0.5, 0.6) is 0 Å². The number of hydrogen-bond donors (Lipinski definition) is 0. The van der Waals surface area contributed by atoms with Crippen LogP contribution in [0.3, 0.4) is 0 Å². The summed E-state index contributed by atoms with van der Waals surface area (Å²) in [5.41, 5.74) is 4.40. The van der Waals surface area contributed by atoms with Crippen molar-refractivity contribution in [1.82, 2.24) is 9.78 Å². The molecule has 0 fully saturated rings. The Kier molecular flexibility index (Phi) is 3.89. The van der Waals surface area contributed by atoms with Crippen molar-refractivity contribution in [3.05, 3.63) is 63.7 Å². The Morgan fingerprint density at radius 2 is 2.20 bits per heavy atom. The highest BCUT2D eigenvalue weighted by atomic mass is 16.7. The molecule has 0 N–H and O–H groups in total. The smallest absolute Gasteiger partial charge is 0.337 e. The van der Waals surface area contributed by atoms with Crippen LogP contribution in [-0.4, -0.2) is 27.9 Å². The Bertz CT molecular complexity index is 622. The van der Waals surface area contributed by atoms with Gasteiger partial charge in [0.2, 0.25) is 0 Å². The highest BCUT2D eigenvalue weighted by Crippen LogP contribution is 2.06. The summed E-state index contributed by atoms with van der Waals surface area (Å²) in [6, 6.07) is 6.78. The number of aromatic nitrogens is 3. The first-order valence-electron chi connectivity index (χ1n) is 5.56. The lowest BCUT2D eigenvalue weighted by atomic mass is 10.1. The molecule has 1 heterocycles. The Morgan fingerprint density at radius 3 is 2.80 bits per heavy atom. The summed E-state index contributed by atoms with van der Waals surface area (Å²) >= 11 is 0. The van der Waals surface area contributed by atoms with Crippen molar-refractivity contribution in [2.24, 2.45) is 0 Å². The van der Waals surface area contributed by atoms with E-state index in [1.54, 1.807) is 24.3 Å². The first-order valence-corrected chi connectivity index (χ1v) is 5.56. The summed E-state index contributed by atoms with van der Waals surface area (Å²) in [6.07, 6.45) is 2.61. The number of esters is 1. The molecular formula is C11H11N5O4. The lowest BCUT2D eigenvalue weighted by Gasteiger charge is -2.07. The van der Waals surface area contributed by atoms with Gasteiger partial charge >= 0.3 is 12.3 Å². The third-order valence-electron chi connectivity index (χ3n) is 2.47. The average Bonchev–Trinajstić information content (AvgIpc) is 2.85. The van der Waals surface area contributed by atoms with Gasteiger partial charge < -0.3 is 14.9 Å². The fourth-order valence-corrected chi connectivity index (χ4v) is 1.58. The summed E-state index contributed by atoms with van der Waals surface area (Å²) < 4.78 is 7.09. The van der Waals surface area contributed by atoms with Crippen LogP contribution >= 0.6 is 0 Å². The largest absolute Gasteiger partial charge is 0.465 e. The van der Waals surface area contributed by atoms with E-state index in [0.717, 1.165) is 10.2 Å². The van der Waals surface area contributed by atoms with Crippen LogP contribution in [-0.2, 0) is 11.3 Å². The van der Waals surface area contributed by atoms with Crippen molar-refractivity contribution >= 4 is 5.97 Å². The maximum absolute atomic E-state index is 11.3. The SMILES string of the molecule is COC(=O)c1ccc(Cn2c[n+]([N-][N+](=O)[O-])cn2)cc1. The van der Waals surface area contributed by atoms with Crippen LogP contribution in [0.15, 0.2) is 36.9 Å². The third kappa shape index (κ3) is 3.28. The molecule has 2 aromatic rings. The summed E-state index contributed by atoms with van der Waals surface area (Å²) in [5, 5.41) is 13.3. The van der Waals surface area contributed by atoms with Gasteiger partial charge in [-0.05, 0) is 22.4 Å². The van der Waals surface area contributed by atoms with E-state index in [0.29, 0.717) is 12.1 Å². The zero-order chi connectivity index (χ0) is 14.5. The van der Waals surface area contributed by atoms with Gasteiger partial charge in [-0.1, -0.05) is 12.1 Å². The van der Waals surface area contributed by atoms with E-state index >= 15 is 0 Å². The number of rotatable bonds is 5. The molecule has 0 aliphatic rings. The number of benzene rings is 1. The van der Waals surface area contributed by atoms with Crippen molar-refractivity contribution in [3.63, 3.8) is 0 Å². The number of hydrogen-bond acceptors (Lipinski definition) is 5. The van der Waals surface area contributed by atoms with E-state index in [1.165, 1.54) is 24.4 Å². The predicted molar refractivity (Wildman–Crippen MR) is 65.1 cm³/mol. The maximum Gasteiger partial charge on any atom is 0.337 e. The number of ether oxygens (including phenoxy) is 1. The number of methoxy groups -OCH3 is 1. The number of carbonyl (C=O) groups is 1. The molecule has 20 heavy (non-hydrogen) atoms. The molecule has 0 saturated carbocycles. The number of nitrogens with zero attached hydrogens (tertiary/aromatic N) is 5. The zero-order valence-electron chi connectivity index (χ0n) is 10.5. The molecule has 1 aromatic heterocycles. The molecule has 9 heteroatoms. The Labute approximate surface area is 113 Å². The minimum atomic E-state index is -0.808. The molecule has 104 valence electrons. The Hall–Kier alpha value is -2.97.